The normalized spacial score (nSPS) is 16.6. The molecule has 2 aromatic heterocycles. The number of fused-ring (bicyclic) bond motifs is 1. The maximum Gasteiger partial charge on any atom is 0.277 e. The van der Waals surface area contributed by atoms with Crippen molar-refractivity contribution in [1.82, 2.24) is 14.2 Å². The van der Waals surface area contributed by atoms with Crippen molar-refractivity contribution in [1.29, 1.82) is 4.78 Å². The summed E-state index contributed by atoms with van der Waals surface area (Å²) in [6, 6.07) is 7.33. The molecular formula is C21H26N4O2S. The minimum Gasteiger partial charge on any atom is -0.328 e. The van der Waals surface area contributed by atoms with E-state index in [1.165, 1.54) is 6.26 Å². The summed E-state index contributed by atoms with van der Waals surface area (Å²) in [6.07, 6.45) is 5.66. The van der Waals surface area contributed by atoms with E-state index in [4.69, 9.17) is 4.78 Å². The van der Waals surface area contributed by atoms with Gasteiger partial charge in [0.25, 0.3) is 5.56 Å². The molecule has 0 amide bonds. The topological polar surface area (TPSA) is 80.2 Å². The Kier molecular flexibility index (Phi) is 4.45. The first-order valence-electron chi connectivity index (χ1n) is 9.62. The quantitative estimate of drug-likeness (QED) is 0.708. The van der Waals surface area contributed by atoms with Crippen molar-refractivity contribution in [2.24, 2.45) is 0 Å². The molecule has 148 valence electrons. The summed E-state index contributed by atoms with van der Waals surface area (Å²) >= 11 is 0. The number of aromatic nitrogens is 3. The summed E-state index contributed by atoms with van der Waals surface area (Å²) in [5, 5.41) is 4.69. The number of rotatable bonds is 5. The molecule has 28 heavy (non-hydrogen) atoms. The van der Waals surface area contributed by atoms with E-state index in [2.05, 4.69) is 16.6 Å². The van der Waals surface area contributed by atoms with Gasteiger partial charge < -0.3 is 4.57 Å². The maximum absolute atomic E-state index is 13.0. The Morgan fingerprint density at radius 1 is 1.25 bits per heavy atom. The summed E-state index contributed by atoms with van der Waals surface area (Å²) in [5.74, 6) is 0.580. The molecule has 7 heteroatoms. The fourth-order valence-corrected chi connectivity index (χ4v) is 4.36. The monoisotopic (exact) mass is 398 g/mol. The van der Waals surface area contributed by atoms with E-state index in [0.717, 1.165) is 40.9 Å². The van der Waals surface area contributed by atoms with Gasteiger partial charge in [0.05, 0.1) is 15.4 Å². The highest BCUT2D eigenvalue weighted by atomic mass is 32.2. The van der Waals surface area contributed by atoms with Crippen LogP contribution in [-0.2, 0) is 16.3 Å². The van der Waals surface area contributed by atoms with Gasteiger partial charge in [-0.05, 0) is 43.4 Å². The first-order valence-corrected chi connectivity index (χ1v) is 11.6. The van der Waals surface area contributed by atoms with Gasteiger partial charge in [0.2, 0.25) is 0 Å². The Hall–Kier alpha value is -2.41. The van der Waals surface area contributed by atoms with Gasteiger partial charge in [-0.25, -0.2) is 8.99 Å². The molecule has 1 aromatic carbocycles. The van der Waals surface area contributed by atoms with Crippen LogP contribution >= 0.6 is 0 Å². The van der Waals surface area contributed by atoms with Gasteiger partial charge in [0, 0.05) is 40.9 Å². The Balaban J connectivity index is 1.85. The molecule has 1 N–H and O–H groups in total. The van der Waals surface area contributed by atoms with Gasteiger partial charge in [0.1, 0.15) is 5.65 Å². The van der Waals surface area contributed by atoms with Gasteiger partial charge in [-0.3, -0.25) is 4.79 Å². The Morgan fingerprint density at radius 2 is 1.89 bits per heavy atom. The second-order valence-corrected chi connectivity index (χ2v) is 10.3. The van der Waals surface area contributed by atoms with E-state index < -0.39 is 9.73 Å². The Morgan fingerprint density at radius 3 is 2.43 bits per heavy atom. The molecule has 0 spiro atoms. The van der Waals surface area contributed by atoms with E-state index in [1.54, 1.807) is 16.6 Å². The molecule has 1 aliphatic carbocycles. The molecule has 0 aliphatic heterocycles. The minimum absolute atomic E-state index is 0.0356. The molecule has 1 fully saturated rings. The highest BCUT2D eigenvalue weighted by molar-refractivity contribution is 7.91. The van der Waals surface area contributed by atoms with Crippen LogP contribution in [0.5, 0.6) is 0 Å². The summed E-state index contributed by atoms with van der Waals surface area (Å²) < 4.78 is 23.3. The predicted molar refractivity (Wildman–Crippen MR) is 111 cm³/mol. The molecule has 0 bridgehead atoms. The zero-order valence-electron chi connectivity index (χ0n) is 16.7. The van der Waals surface area contributed by atoms with Gasteiger partial charge in [-0.2, -0.15) is 9.61 Å². The first-order chi connectivity index (χ1) is 13.2. The molecule has 1 atom stereocenters. The zero-order valence-corrected chi connectivity index (χ0v) is 17.5. The first kappa shape index (κ1) is 18.9. The Labute approximate surface area is 165 Å². The molecular weight excluding hydrogens is 372 g/mol. The zero-order chi connectivity index (χ0) is 20.2. The second-order valence-electron chi connectivity index (χ2n) is 8.18. The number of benzene rings is 1. The molecule has 6 nitrogen and oxygen atoms in total. The third-order valence-electron chi connectivity index (χ3n) is 5.45. The third kappa shape index (κ3) is 3.28. The van der Waals surface area contributed by atoms with Gasteiger partial charge in [-0.15, -0.1) is 0 Å². The van der Waals surface area contributed by atoms with Crippen LogP contribution in [0.3, 0.4) is 0 Å². The lowest BCUT2D eigenvalue weighted by molar-refractivity contribution is 0.678. The lowest BCUT2D eigenvalue weighted by atomic mass is 10.1. The SMILES string of the molecule is Cc1c(C2CC2)nn2c(=O)c(C(C)C)cn(Cc3ccc([S@@](C)(=N)=O)cc3)c12. The number of nitrogens with zero attached hydrogens (tertiary/aromatic N) is 3. The lowest BCUT2D eigenvalue weighted by Crippen LogP contribution is -2.24. The highest BCUT2D eigenvalue weighted by Gasteiger charge is 2.30. The Bertz CT molecular complexity index is 1210. The summed E-state index contributed by atoms with van der Waals surface area (Å²) in [7, 11) is -2.72. The van der Waals surface area contributed by atoms with Crippen LogP contribution in [0.15, 0.2) is 40.2 Å². The number of hydrogen-bond acceptors (Lipinski definition) is 4. The largest absolute Gasteiger partial charge is 0.328 e. The van der Waals surface area contributed by atoms with Crippen molar-refractivity contribution in [2.45, 2.75) is 56.9 Å². The van der Waals surface area contributed by atoms with Crippen LogP contribution in [0.2, 0.25) is 0 Å². The van der Waals surface area contributed by atoms with Crippen molar-refractivity contribution in [2.75, 3.05) is 6.26 Å². The van der Waals surface area contributed by atoms with Crippen LogP contribution in [0.25, 0.3) is 5.65 Å². The second kappa shape index (κ2) is 6.58. The molecule has 0 radical (unpaired) electrons. The lowest BCUT2D eigenvalue weighted by Gasteiger charge is -2.14. The third-order valence-corrected chi connectivity index (χ3v) is 6.62. The average Bonchev–Trinajstić information content (AvgIpc) is 3.40. The maximum atomic E-state index is 13.0. The van der Waals surface area contributed by atoms with Crippen molar-refractivity contribution in [3.8, 4) is 0 Å². The van der Waals surface area contributed by atoms with Crippen LogP contribution in [0.1, 0.15) is 60.9 Å². The average molecular weight is 399 g/mol. The van der Waals surface area contributed by atoms with E-state index in [-0.39, 0.29) is 11.5 Å². The molecule has 0 unspecified atom stereocenters. The summed E-state index contributed by atoms with van der Waals surface area (Å²) in [6.45, 7) is 6.68. The van der Waals surface area contributed by atoms with Crippen molar-refractivity contribution < 1.29 is 4.21 Å². The molecule has 0 saturated heterocycles. The molecule has 4 rings (SSSR count). The highest BCUT2D eigenvalue weighted by Crippen LogP contribution is 2.41. The van der Waals surface area contributed by atoms with E-state index in [0.29, 0.717) is 17.4 Å². The van der Waals surface area contributed by atoms with Crippen LogP contribution in [0.4, 0.5) is 0 Å². The van der Waals surface area contributed by atoms with Gasteiger partial charge in [-0.1, -0.05) is 26.0 Å². The fraction of sp³-hybridized carbons (Fsp3) is 0.429. The molecule has 1 saturated carbocycles. The number of aryl methyl sites for hydroxylation is 1. The van der Waals surface area contributed by atoms with Crippen LogP contribution in [-0.4, -0.2) is 24.6 Å². The number of hydrogen-bond donors (Lipinski definition) is 1. The predicted octanol–water partition coefficient (Wildman–Crippen LogP) is 3.89. The molecule has 3 aromatic rings. The van der Waals surface area contributed by atoms with Crippen molar-refractivity contribution in [3.05, 3.63) is 63.2 Å². The van der Waals surface area contributed by atoms with Crippen molar-refractivity contribution in [3.63, 3.8) is 0 Å². The van der Waals surface area contributed by atoms with Crippen molar-refractivity contribution >= 4 is 15.4 Å². The summed E-state index contributed by atoms with van der Waals surface area (Å²) in [5.41, 5.74) is 4.71. The van der Waals surface area contributed by atoms with E-state index >= 15 is 0 Å². The van der Waals surface area contributed by atoms with E-state index in [1.807, 2.05) is 32.2 Å². The van der Waals surface area contributed by atoms with Crippen LogP contribution in [0, 0.1) is 11.7 Å². The molecule has 1 aliphatic rings. The van der Waals surface area contributed by atoms with E-state index in [9.17, 15) is 9.00 Å². The minimum atomic E-state index is -2.72. The molecule has 2 heterocycles. The smallest absolute Gasteiger partial charge is 0.277 e. The standard InChI is InChI=1S/C21H26N4O2S/c1-13(2)18-12-24(11-15-5-9-17(10-6-15)28(4,22)27)20-14(3)19(16-7-8-16)23-25(20)21(18)26/h5-6,9-10,12-13,16,22H,7-8,11H2,1-4H3/t28-/m0/s1. The fourth-order valence-electron chi connectivity index (χ4n) is 3.70. The van der Waals surface area contributed by atoms with Crippen LogP contribution < -0.4 is 5.56 Å². The summed E-state index contributed by atoms with van der Waals surface area (Å²) in [4.78, 5) is 13.5. The van der Waals surface area contributed by atoms with Gasteiger partial charge >= 0.3 is 0 Å². The number of nitrogens with one attached hydrogen (secondary N) is 1. The van der Waals surface area contributed by atoms with Gasteiger partial charge in [0.15, 0.2) is 0 Å².